The summed E-state index contributed by atoms with van der Waals surface area (Å²) in [4.78, 5) is 0. The number of hydrogen-bond acceptors (Lipinski definition) is 0. The second kappa shape index (κ2) is 11.0. The monoisotopic (exact) mass is 486 g/mol. The topological polar surface area (TPSA) is 0 Å². The molecule has 0 saturated heterocycles. The van der Waals surface area contributed by atoms with Gasteiger partial charge in [-0.1, -0.05) is 74.5 Å². The molecule has 4 rings (SSSR count). The maximum atomic E-state index is 4.93. The number of hydrogen-bond donors (Lipinski definition) is 0. The van der Waals surface area contributed by atoms with Gasteiger partial charge in [-0.25, -0.2) is 0 Å². The average molecular weight is 489 g/mol. The van der Waals surface area contributed by atoms with Crippen LogP contribution in [-0.2, 0) is 20.8 Å². The van der Waals surface area contributed by atoms with Gasteiger partial charge in [0.1, 0.15) is 0 Å². The summed E-state index contributed by atoms with van der Waals surface area (Å²) in [6.45, 7) is 5.43. The Morgan fingerprint density at radius 2 is 1.04 bits per heavy atom. The SMILES string of the molecule is C[Si](C)(C1CCC2C=CC=CC21)C1CCC2C=CC=CC21.[CH3-].[CH3-].[Cl][Zr+2][Cl]. The standard InChI is InChI=1S/C20H28Si.2CH3.2ClH.Zr/c1-21(2,19-13-11-15-7-3-5-9-17(15)19)20-14-12-16-8-4-6-10-18(16)20;;;;;/h3-10,15-20H,11-14H2,1-2H3;2*1H3;2*1H;/q;2*-1;;;+4/p-2. The van der Waals surface area contributed by atoms with Gasteiger partial charge in [-0.15, -0.1) is 0 Å². The molecule has 0 bridgehead atoms. The first-order valence-corrected chi connectivity index (χ1v) is 18.7. The van der Waals surface area contributed by atoms with Gasteiger partial charge in [-0.3, -0.25) is 0 Å². The first kappa shape index (κ1) is 24.7. The molecular weight excluding hydrogens is 454 g/mol. The van der Waals surface area contributed by atoms with E-state index >= 15 is 0 Å². The van der Waals surface area contributed by atoms with Crippen molar-refractivity contribution in [3.63, 3.8) is 0 Å². The van der Waals surface area contributed by atoms with Crippen molar-refractivity contribution in [3.05, 3.63) is 63.5 Å². The zero-order valence-electron chi connectivity index (χ0n) is 16.7. The van der Waals surface area contributed by atoms with Crippen molar-refractivity contribution in [1.29, 1.82) is 0 Å². The summed E-state index contributed by atoms with van der Waals surface area (Å²) in [6, 6.07) is 0. The van der Waals surface area contributed by atoms with Gasteiger partial charge in [0.05, 0.1) is 8.07 Å². The van der Waals surface area contributed by atoms with Crippen molar-refractivity contribution in [2.24, 2.45) is 23.7 Å². The van der Waals surface area contributed by atoms with Crippen LogP contribution in [0, 0.1) is 38.5 Å². The second-order valence-electron chi connectivity index (χ2n) is 8.28. The van der Waals surface area contributed by atoms with Crippen LogP contribution in [0.5, 0.6) is 0 Å². The van der Waals surface area contributed by atoms with Crippen molar-refractivity contribution in [3.8, 4) is 0 Å². The van der Waals surface area contributed by atoms with Crippen LogP contribution < -0.4 is 0 Å². The molecule has 0 amide bonds. The number of halogens is 2. The number of allylic oxidation sites excluding steroid dienone is 8. The van der Waals surface area contributed by atoms with E-state index in [1.165, 1.54) is 25.7 Å². The molecule has 0 radical (unpaired) electrons. The Hall–Kier alpha value is 0.640. The van der Waals surface area contributed by atoms with Gasteiger partial charge in [0.15, 0.2) is 0 Å². The Balaban J connectivity index is 0.000000635. The molecule has 0 nitrogen and oxygen atoms in total. The fourth-order valence-corrected chi connectivity index (χ4v) is 11.0. The Kier molecular flexibility index (Phi) is 10.4. The molecule has 6 unspecified atom stereocenters. The van der Waals surface area contributed by atoms with E-state index in [9.17, 15) is 0 Å². The molecule has 2 saturated carbocycles. The minimum atomic E-state index is -1.22. The minimum absolute atomic E-state index is 0. The Morgan fingerprint density at radius 3 is 1.42 bits per heavy atom. The maximum absolute atomic E-state index is 4.93. The summed E-state index contributed by atoms with van der Waals surface area (Å²) in [5, 5.41) is 0. The molecule has 4 aliphatic carbocycles. The molecule has 144 valence electrons. The molecule has 0 aromatic carbocycles. The number of rotatable bonds is 2. The van der Waals surface area contributed by atoms with E-state index in [-0.39, 0.29) is 14.9 Å². The molecule has 4 aliphatic rings. The van der Waals surface area contributed by atoms with Gasteiger partial charge >= 0.3 is 37.9 Å². The van der Waals surface area contributed by atoms with E-state index in [2.05, 4.69) is 61.7 Å². The molecule has 0 spiro atoms. The van der Waals surface area contributed by atoms with E-state index in [0.717, 1.165) is 34.8 Å². The second-order valence-corrected chi connectivity index (χ2v) is 17.1. The molecule has 0 aliphatic heterocycles. The molecule has 0 aromatic rings. The third kappa shape index (κ3) is 4.97. The first-order valence-electron chi connectivity index (χ1n) is 9.25. The van der Waals surface area contributed by atoms with Gasteiger partial charge in [0.25, 0.3) is 0 Å². The summed E-state index contributed by atoms with van der Waals surface area (Å²) >= 11 is -0.826. The van der Waals surface area contributed by atoms with Gasteiger partial charge < -0.3 is 14.9 Å². The van der Waals surface area contributed by atoms with E-state index < -0.39 is 28.9 Å². The third-order valence-electron chi connectivity index (χ3n) is 7.06. The Bertz CT molecular complexity index is 506. The summed E-state index contributed by atoms with van der Waals surface area (Å²) in [5.41, 5.74) is 2.01. The Morgan fingerprint density at radius 1 is 0.692 bits per heavy atom. The van der Waals surface area contributed by atoms with Crippen molar-refractivity contribution in [1.82, 2.24) is 0 Å². The summed E-state index contributed by atoms with van der Waals surface area (Å²) in [5.74, 6) is 3.43. The normalized spacial score (nSPS) is 36.0. The fraction of sp³-hybridized carbons (Fsp3) is 0.545. The van der Waals surface area contributed by atoms with Gasteiger partial charge in [-0.05, 0) is 47.6 Å². The fourth-order valence-electron chi connectivity index (χ4n) is 5.92. The molecule has 0 N–H and O–H groups in total. The van der Waals surface area contributed by atoms with Gasteiger partial charge in [-0.2, -0.15) is 0 Å². The molecule has 26 heavy (non-hydrogen) atoms. The van der Waals surface area contributed by atoms with Crippen LogP contribution in [-0.4, -0.2) is 8.07 Å². The predicted octanol–water partition coefficient (Wildman–Crippen LogP) is 8.02. The molecule has 0 heterocycles. The van der Waals surface area contributed by atoms with Crippen molar-refractivity contribution >= 4 is 25.1 Å². The van der Waals surface area contributed by atoms with Gasteiger partial charge in [0.2, 0.25) is 0 Å². The van der Waals surface area contributed by atoms with Crippen LogP contribution in [0.4, 0.5) is 0 Å². The van der Waals surface area contributed by atoms with E-state index in [1.54, 1.807) is 0 Å². The molecule has 0 aromatic heterocycles. The van der Waals surface area contributed by atoms with E-state index in [4.69, 9.17) is 17.0 Å². The van der Waals surface area contributed by atoms with Crippen LogP contribution in [0.2, 0.25) is 24.2 Å². The summed E-state index contributed by atoms with van der Waals surface area (Å²) in [7, 11) is 8.64. The molecule has 2 fully saturated rings. The third-order valence-corrected chi connectivity index (χ3v) is 12.2. The van der Waals surface area contributed by atoms with Crippen molar-refractivity contribution in [2.45, 2.75) is 49.9 Å². The quantitative estimate of drug-likeness (QED) is 0.273. The average Bonchev–Trinajstić information content (AvgIpc) is 3.20. The van der Waals surface area contributed by atoms with Crippen molar-refractivity contribution in [2.75, 3.05) is 0 Å². The van der Waals surface area contributed by atoms with Crippen LogP contribution in [0.25, 0.3) is 0 Å². The summed E-state index contributed by atoms with van der Waals surface area (Å²) in [6.07, 6.45) is 25.1. The van der Waals surface area contributed by atoms with Crippen molar-refractivity contribution < 1.29 is 20.8 Å². The van der Waals surface area contributed by atoms with E-state index in [1.807, 2.05) is 0 Å². The summed E-state index contributed by atoms with van der Waals surface area (Å²) < 4.78 is 0. The predicted molar refractivity (Wildman–Crippen MR) is 119 cm³/mol. The Labute approximate surface area is 181 Å². The van der Waals surface area contributed by atoms with Crippen LogP contribution in [0.1, 0.15) is 25.7 Å². The zero-order chi connectivity index (χ0) is 17.2. The molecular formula is C22H34Cl2SiZr. The van der Waals surface area contributed by atoms with Crippen LogP contribution >= 0.6 is 17.0 Å². The van der Waals surface area contributed by atoms with Gasteiger partial charge in [0, 0.05) is 0 Å². The number of fused-ring (bicyclic) bond motifs is 2. The first-order chi connectivity index (χ1) is 11.6. The molecule has 6 atom stereocenters. The van der Waals surface area contributed by atoms with E-state index in [0.29, 0.717) is 0 Å². The van der Waals surface area contributed by atoms with Crippen LogP contribution in [0.3, 0.4) is 0 Å². The zero-order valence-corrected chi connectivity index (χ0v) is 21.6. The molecule has 4 heteroatoms. The van der Waals surface area contributed by atoms with Crippen LogP contribution in [0.15, 0.2) is 48.6 Å².